The van der Waals surface area contributed by atoms with Crippen molar-refractivity contribution in [3.8, 4) is 0 Å². The first kappa shape index (κ1) is 15.4. The number of ether oxygens (including phenoxy) is 1. The number of carbonyl (C=O) groups is 1. The molecule has 1 saturated heterocycles. The van der Waals surface area contributed by atoms with Crippen LogP contribution in [0.2, 0.25) is 0 Å². The van der Waals surface area contributed by atoms with Crippen LogP contribution in [-0.4, -0.2) is 67.1 Å². The van der Waals surface area contributed by atoms with Crippen LogP contribution < -0.4 is 0 Å². The van der Waals surface area contributed by atoms with Crippen molar-refractivity contribution in [1.29, 1.82) is 0 Å². The monoisotopic (exact) mass is 319 g/mol. The molecule has 0 radical (unpaired) electrons. The summed E-state index contributed by atoms with van der Waals surface area (Å²) in [6, 6.07) is 5.78. The Balaban J connectivity index is 1.66. The van der Waals surface area contributed by atoms with Crippen LogP contribution in [0.5, 0.6) is 0 Å². The average molecular weight is 319 g/mol. The number of rotatable bonds is 4. The molecule has 0 N–H and O–H groups in total. The van der Waals surface area contributed by atoms with E-state index in [-0.39, 0.29) is 5.91 Å². The fraction of sp³-hybridized carbons (Fsp3) is 0.500. The zero-order chi connectivity index (χ0) is 15.4. The lowest BCUT2D eigenvalue weighted by Gasteiger charge is -2.22. The number of thiazole rings is 1. The molecule has 0 spiro atoms. The SMILES string of the molecule is COCCN1CCCN(C(=O)c2ccc3ncsc3c2)CC1. The Labute approximate surface area is 134 Å². The molecule has 3 rings (SSSR count). The standard InChI is InChI=1S/C16H21N3O2S/c1-21-10-9-18-5-2-6-19(8-7-18)16(20)13-3-4-14-15(11-13)22-12-17-14/h3-4,11-12H,2,5-10H2,1H3. The number of hydrogen-bond acceptors (Lipinski definition) is 5. The number of fused-ring (bicyclic) bond motifs is 1. The second kappa shape index (κ2) is 7.17. The number of amides is 1. The summed E-state index contributed by atoms with van der Waals surface area (Å²) in [6.45, 7) is 5.23. The van der Waals surface area contributed by atoms with Crippen molar-refractivity contribution in [2.75, 3.05) is 46.4 Å². The molecule has 2 aromatic rings. The van der Waals surface area contributed by atoms with E-state index in [1.165, 1.54) is 0 Å². The Kier molecular flexibility index (Phi) is 5.02. The quantitative estimate of drug-likeness (QED) is 0.866. The molecule has 0 unspecified atom stereocenters. The van der Waals surface area contributed by atoms with Gasteiger partial charge in [0.25, 0.3) is 5.91 Å². The average Bonchev–Trinajstić information content (AvgIpc) is 2.89. The van der Waals surface area contributed by atoms with Gasteiger partial charge in [0, 0.05) is 38.9 Å². The summed E-state index contributed by atoms with van der Waals surface area (Å²) in [5.74, 6) is 0.129. The lowest BCUT2D eigenvalue weighted by Crippen LogP contribution is -2.36. The Morgan fingerprint density at radius 1 is 1.32 bits per heavy atom. The highest BCUT2D eigenvalue weighted by Gasteiger charge is 2.20. The minimum atomic E-state index is 0.129. The van der Waals surface area contributed by atoms with Crippen LogP contribution in [-0.2, 0) is 4.74 Å². The van der Waals surface area contributed by atoms with Crippen molar-refractivity contribution in [2.24, 2.45) is 0 Å². The van der Waals surface area contributed by atoms with Crippen LogP contribution in [0, 0.1) is 0 Å². The molecule has 1 amide bonds. The molecule has 1 aromatic heterocycles. The van der Waals surface area contributed by atoms with Gasteiger partial charge in [0.05, 0.1) is 22.3 Å². The molecule has 0 saturated carbocycles. The largest absolute Gasteiger partial charge is 0.383 e. The molecule has 118 valence electrons. The summed E-state index contributed by atoms with van der Waals surface area (Å²) in [5, 5.41) is 0. The highest BCUT2D eigenvalue weighted by Crippen LogP contribution is 2.20. The lowest BCUT2D eigenvalue weighted by atomic mass is 10.2. The Bertz CT molecular complexity index is 643. The van der Waals surface area contributed by atoms with Crippen LogP contribution in [0.1, 0.15) is 16.8 Å². The van der Waals surface area contributed by atoms with Gasteiger partial charge in [-0.2, -0.15) is 0 Å². The smallest absolute Gasteiger partial charge is 0.253 e. The normalized spacial score (nSPS) is 16.9. The zero-order valence-corrected chi connectivity index (χ0v) is 13.6. The van der Waals surface area contributed by atoms with E-state index in [1.54, 1.807) is 18.4 Å². The third-order valence-electron chi connectivity index (χ3n) is 4.07. The molecule has 1 aliphatic heterocycles. The molecule has 1 aromatic carbocycles. The highest BCUT2D eigenvalue weighted by molar-refractivity contribution is 7.16. The van der Waals surface area contributed by atoms with Gasteiger partial charge in [0.2, 0.25) is 0 Å². The maximum absolute atomic E-state index is 12.7. The minimum Gasteiger partial charge on any atom is -0.383 e. The Morgan fingerprint density at radius 3 is 3.09 bits per heavy atom. The number of methoxy groups -OCH3 is 1. The van der Waals surface area contributed by atoms with Gasteiger partial charge in [-0.3, -0.25) is 9.69 Å². The topological polar surface area (TPSA) is 45.7 Å². The van der Waals surface area contributed by atoms with Gasteiger partial charge in [-0.25, -0.2) is 4.98 Å². The second-order valence-electron chi connectivity index (χ2n) is 5.52. The fourth-order valence-corrected chi connectivity index (χ4v) is 3.51. The van der Waals surface area contributed by atoms with Gasteiger partial charge in [-0.05, 0) is 31.2 Å². The third kappa shape index (κ3) is 3.45. The first-order chi connectivity index (χ1) is 10.8. The van der Waals surface area contributed by atoms with Gasteiger partial charge >= 0.3 is 0 Å². The summed E-state index contributed by atoms with van der Waals surface area (Å²) in [4.78, 5) is 21.3. The van der Waals surface area contributed by atoms with Crippen molar-refractivity contribution >= 4 is 27.5 Å². The van der Waals surface area contributed by atoms with E-state index in [9.17, 15) is 4.79 Å². The van der Waals surface area contributed by atoms with Gasteiger partial charge in [0.15, 0.2) is 0 Å². The van der Waals surface area contributed by atoms with Gasteiger partial charge in [-0.15, -0.1) is 11.3 Å². The Hall–Kier alpha value is -1.50. The zero-order valence-electron chi connectivity index (χ0n) is 12.8. The van der Waals surface area contributed by atoms with E-state index in [0.717, 1.165) is 61.5 Å². The first-order valence-electron chi connectivity index (χ1n) is 7.62. The lowest BCUT2D eigenvalue weighted by molar-refractivity contribution is 0.0759. The number of nitrogens with zero attached hydrogens (tertiary/aromatic N) is 3. The number of carbonyl (C=O) groups excluding carboxylic acids is 1. The Morgan fingerprint density at radius 2 is 2.23 bits per heavy atom. The van der Waals surface area contributed by atoms with Crippen LogP contribution >= 0.6 is 11.3 Å². The van der Waals surface area contributed by atoms with Crippen molar-refractivity contribution in [3.63, 3.8) is 0 Å². The maximum Gasteiger partial charge on any atom is 0.253 e. The van der Waals surface area contributed by atoms with Crippen molar-refractivity contribution < 1.29 is 9.53 Å². The molecule has 1 fully saturated rings. The van der Waals surface area contributed by atoms with E-state index < -0.39 is 0 Å². The summed E-state index contributed by atoms with van der Waals surface area (Å²) in [7, 11) is 1.73. The maximum atomic E-state index is 12.7. The van der Waals surface area contributed by atoms with Crippen molar-refractivity contribution in [2.45, 2.75) is 6.42 Å². The third-order valence-corrected chi connectivity index (χ3v) is 4.86. The summed E-state index contributed by atoms with van der Waals surface area (Å²) < 4.78 is 6.21. The minimum absolute atomic E-state index is 0.129. The van der Waals surface area contributed by atoms with Crippen molar-refractivity contribution in [3.05, 3.63) is 29.3 Å². The summed E-state index contributed by atoms with van der Waals surface area (Å²) in [5.41, 5.74) is 3.55. The highest BCUT2D eigenvalue weighted by atomic mass is 32.1. The molecular weight excluding hydrogens is 298 g/mol. The van der Waals surface area contributed by atoms with Gasteiger partial charge < -0.3 is 9.64 Å². The molecule has 0 atom stereocenters. The summed E-state index contributed by atoms with van der Waals surface area (Å²) in [6.07, 6.45) is 1.01. The second-order valence-corrected chi connectivity index (χ2v) is 6.40. The van der Waals surface area contributed by atoms with E-state index in [4.69, 9.17) is 4.74 Å². The first-order valence-corrected chi connectivity index (χ1v) is 8.50. The molecule has 5 nitrogen and oxygen atoms in total. The van der Waals surface area contributed by atoms with Gasteiger partial charge in [0.1, 0.15) is 0 Å². The number of hydrogen-bond donors (Lipinski definition) is 0. The summed E-state index contributed by atoms with van der Waals surface area (Å²) >= 11 is 1.58. The molecule has 22 heavy (non-hydrogen) atoms. The van der Waals surface area contributed by atoms with E-state index in [0.29, 0.717) is 0 Å². The molecule has 0 bridgehead atoms. The van der Waals surface area contributed by atoms with Crippen molar-refractivity contribution in [1.82, 2.24) is 14.8 Å². The van der Waals surface area contributed by atoms with E-state index in [2.05, 4.69) is 9.88 Å². The number of benzene rings is 1. The van der Waals surface area contributed by atoms with Gasteiger partial charge in [-0.1, -0.05) is 0 Å². The van der Waals surface area contributed by atoms with Crippen LogP contribution in [0.3, 0.4) is 0 Å². The number of aromatic nitrogens is 1. The molecule has 0 aliphatic carbocycles. The fourth-order valence-electron chi connectivity index (χ4n) is 2.79. The van der Waals surface area contributed by atoms with Crippen LogP contribution in [0.25, 0.3) is 10.2 Å². The van der Waals surface area contributed by atoms with Crippen LogP contribution in [0.15, 0.2) is 23.7 Å². The molecule has 6 heteroatoms. The van der Waals surface area contributed by atoms with E-state index >= 15 is 0 Å². The predicted molar refractivity (Wildman–Crippen MR) is 88.5 cm³/mol. The molecule has 1 aliphatic rings. The predicted octanol–water partition coefficient (Wildman–Crippen LogP) is 2.09. The molecule has 2 heterocycles. The van der Waals surface area contributed by atoms with Crippen LogP contribution in [0.4, 0.5) is 0 Å². The molecular formula is C16H21N3O2S. The van der Waals surface area contributed by atoms with E-state index in [1.807, 2.05) is 28.6 Å².